The molecule has 0 saturated heterocycles. The molecular weight excluding hydrogens is 271 g/mol. The number of nitrogens with one attached hydrogen (secondary N) is 1. The van der Waals surface area contributed by atoms with E-state index in [4.69, 9.17) is 23.2 Å². The Morgan fingerprint density at radius 2 is 1.89 bits per heavy atom. The molecule has 0 spiro atoms. The molecule has 1 heterocycles. The highest BCUT2D eigenvalue weighted by atomic mass is 35.5. The molecule has 0 radical (unpaired) electrons. The van der Waals surface area contributed by atoms with Crippen LogP contribution in [0.1, 0.15) is 0 Å². The Morgan fingerprint density at radius 3 is 2.67 bits per heavy atom. The molecule has 0 saturated carbocycles. The van der Waals surface area contributed by atoms with Gasteiger partial charge in [0.05, 0.1) is 21.2 Å². The maximum atomic E-state index is 10.4. The third-order valence-corrected chi connectivity index (χ3v) is 3.69. The van der Waals surface area contributed by atoms with Gasteiger partial charge in [0, 0.05) is 16.3 Å². The first-order valence-corrected chi connectivity index (χ1v) is 5.94. The lowest BCUT2D eigenvalue weighted by Gasteiger charge is -2.01. The van der Waals surface area contributed by atoms with Crippen LogP contribution in [-0.2, 0) is 4.79 Å². The number of aromatic nitrogens is 1. The molecule has 0 unspecified atom stereocenters. The van der Waals surface area contributed by atoms with Crippen molar-refractivity contribution in [1.82, 2.24) is 4.98 Å². The molecule has 0 aliphatic carbocycles. The van der Waals surface area contributed by atoms with Crippen molar-refractivity contribution in [2.75, 3.05) is 0 Å². The van der Waals surface area contributed by atoms with Gasteiger partial charge in [-0.2, -0.15) is 4.99 Å². The Hall–Kier alpha value is -1.80. The van der Waals surface area contributed by atoms with Crippen molar-refractivity contribution in [2.24, 2.45) is 4.99 Å². The molecule has 1 aromatic heterocycles. The minimum Gasteiger partial charge on any atom is -0.353 e. The van der Waals surface area contributed by atoms with Gasteiger partial charge in [-0.05, 0) is 12.1 Å². The molecule has 88 valence electrons. The van der Waals surface area contributed by atoms with Crippen LogP contribution >= 0.6 is 23.2 Å². The Kier molecular flexibility index (Phi) is 2.60. The summed E-state index contributed by atoms with van der Waals surface area (Å²) in [5, 5.41) is 2.50. The molecule has 5 heteroatoms. The molecular formula is C13H6Cl2N2O. The van der Waals surface area contributed by atoms with E-state index in [0.29, 0.717) is 10.7 Å². The van der Waals surface area contributed by atoms with Crippen molar-refractivity contribution in [1.29, 1.82) is 0 Å². The van der Waals surface area contributed by atoms with Crippen LogP contribution in [0, 0.1) is 0 Å². The zero-order valence-electron chi connectivity index (χ0n) is 9.00. The lowest BCUT2D eigenvalue weighted by Crippen LogP contribution is -1.75. The summed E-state index contributed by atoms with van der Waals surface area (Å²) in [5.41, 5.74) is 2.03. The number of hydrogen-bond donors (Lipinski definition) is 1. The molecule has 0 atom stereocenters. The number of hydrogen-bond acceptors (Lipinski definition) is 2. The van der Waals surface area contributed by atoms with Crippen LogP contribution in [0.3, 0.4) is 0 Å². The van der Waals surface area contributed by atoms with Crippen LogP contribution in [0.2, 0.25) is 10.0 Å². The van der Waals surface area contributed by atoms with Crippen LogP contribution in [-0.4, -0.2) is 11.1 Å². The SMILES string of the molecule is O=C=Nc1cc2c([nH]c3ccccc32)c(Cl)c1Cl. The second kappa shape index (κ2) is 4.14. The summed E-state index contributed by atoms with van der Waals surface area (Å²) >= 11 is 12.2. The van der Waals surface area contributed by atoms with Gasteiger partial charge in [0.1, 0.15) is 0 Å². The zero-order chi connectivity index (χ0) is 12.7. The van der Waals surface area contributed by atoms with Gasteiger partial charge in [-0.3, -0.25) is 0 Å². The second-order valence-electron chi connectivity index (χ2n) is 3.82. The average Bonchev–Trinajstić information content (AvgIpc) is 2.75. The van der Waals surface area contributed by atoms with E-state index in [0.717, 1.165) is 21.8 Å². The fourth-order valence-corrected chi connectivity index (χ4v) is 2.48. The number of halogens is 2. The zero-order valence-corrected chi connectivity index (χ0v) is 10.5. The molecule has 3 nitrogen and oxygen atoms in total. The Labute approximate surface area is 112 Å². The highest BCUT2D eigenvalue weighted by molar-refractivity contribution is 6.47. The second-order valence-corrected chi connectivity index (χ2v) is 4.58. The maximum Gasteiger partial charge on any atom is 0.240 e. The summed E-state index contributed by atoms with van der Waals surface area (Å²) in [6, 6.07) is 9.50. The maximum absolute atomic E-state index is 10.4. The summed E-state index contributed by atoms with van der Waals surface area (Å²) in [4.78, 5) is 17.1. The highest BCUT2D eigenvalue weighted by Crippen LogP contribution is 2.40. The monoisotopic (exact) mass is 276 g/mol. The predicted molar refractivity (Wildman–Crippen MR) is 73.6 cm³/mol. The van der Waals surface area contributed by atoms with Gasteiger partial charge in [-0.25, -0.2) is 4.79 Å². The van der Waals surface area contributed by atoms with Crippen molar-refractivity contribution >= 4 is 56.8 Å². The number of H-pyrrole nitrogens is 1. The number of para-hydroxylation sites is 1. The topological polar surface area (TPSA) is 45.2 Å². The van der Waals surface area contributed by atoms with Crippen molar-refractivity contribution in [3.05, 3.63) is 40.4 Å². The van der Waals surface area contributed by atoms with E-state index >= 15 is 0 Å². The summed E-state index contributed by atoms with van der Waals surface area (Å²) < 4.78 is 0. The number of rotatable bonds is 1. The van der Waals surface area contributed by atoms with E-state index in [9.17, 15) is 4.79 Å². The van der Waals surface area contributed by atoms with Gasteiger partial charge in [0.25, 0.3) is 0 Å². The first-order valence-electron chi connectivity index (χ1n) is 5.18. The lowest BCUT2D eigenvalue weighted by atomic mass is 10.1. The number of benzene rings is 2. The van der Waals surface area contributed by atoms with Crippen LogP contribution in [0.15, 0.2) is 35.3 Å². The summed E-state index contributed by atoms with van der Waals surface area (Å²) in [6.07, 6.45) is 1.48. The smallest absolute Gasteiger partial charge is 0.240 e. The molecule has 3 aromatic rings. The number of aliphatic imine (C=N–C) groups is 1. The minimum atomic E-state index is 0.249. The summed E-state index contributed by atoms with van der Waals surface area (Å²) in [5.74, 6) is 0. The first kappa shape index (κ1) is 11.3. The highest BCUT2D eigenvalue weighted by Gasteiger charge is 2.13. The molecule has 0 fully saturated rings. The number of carbonyl (C=O) groups excluding carboxylic acids is 1. The van der Waals surface area contributed by atoms with Crippen molar-refractivity contribution < 1.29 is 4.79 Å². The van der Waals surface area contributed by atoms with Gasteiger partial charge >= 0.3 is 0 Å². The standard InChI is InChI=1S/C13H6Cl2N2O/c14-11-10(16-6-18)5-8-7-3-1-2-4-9(7)17-13(8)12(11)15/h1-5,17H. The first-order chi connectivity index (χ1) is 8.72. The van der Waals surface area contributed by atoms with Crippen molar-refractivity contribution in [3.8, 4) is 0 Å². The molecule has 0 aliphatic rings. The van der Waals surface area contributed by atoms with Crippen LogP contribution in [0.5, 0.6) is 0 Å². The number of nitrogens with zero attached hydrogens (tertiary/aromatic N) is 1. The molecule has 0 amide bonds. The summed E-state index contributed by atoms with van der Waals surface area (Å²) in [7, 11) is 0. The third kappa shape index (κ3) is 1.53. The van der Waals surface area contributed by atoms with Crippen LogP contribution in [0.25, 0.3) is 21.8 Å². The van der Waals surface area contributed by atoms with E-state index < -0.39 is 0 Å². The van der Waals surface area contributed by atoms with Crippen LogP contribution in [0.4, 0.5) is 5.69 Å². The molecule has 2 aromatic carbocycles. The van der Waals surface area contributed by atoms with E-state index in [-0.39, 0.29) is 5.02 Å². The van der Waals surface area contributed by atoms with E-state index in [1.165, 1.54) is 6.08 Å². The fraction of sp³-hybridized carbons (Fsp3) is 0. The van der Waals surface area contributed by atoms with Crippen molar-refractivity contribution in [3.63, 3.8) is 0 Å². The fourth-order valence-electron chi connectivity index (χ4n) is 2.04. The molecule has 0 bridgehead atoms. The number of fused-ring (bicyclic) bond motifs is 3. The lowest BCUT2D eigenvalue weighted by molar-refractivity contribution is 0.565. The normalized spacial score (nSPS) is 10.8. The number of aromatic amines is 1. The Balaban J connectivity index is 2.54. The van der Waals surface area contributed by atoms with Crippen LogP contribution < -0.4 is 0 Å². The summed E-state index contributed by atoms with van der Waals surface area (Å²) in [6.45, 7) is 0. The van der Waals surface area contributed by atoms with Gasteiger partial charge in [-0.1, -0.05) is 41.4 Å². The van der Waals surface area contributed by atoms with Gasteiger partial charge in [0.2, 0.25) is 6.08 Å². The van der Waals surface area contributed by atoms with E-state index in [2.05, 4.69) is 9.98 Å². The Morgan fingerprint density at radius 1 is 1.11 bits per heavy atom. The quantitative estimate of drug-likeness (QED) is 0.513. The predicted octanol–water partition coefficient (Wildman–Crippen LogP) is 4.60. The third-order valence-electron chi connectivity index (χ3n) is 2.83. The van der Waals surface area contributed by atoms with Crippen molar-refractivity contribution in [2.45, 2.75) is 0 Å². The van der Waals surface area contributed by atoms with Gasteiger partial charge < -0.3 is 4.98 Å². The van der Waals surface area contributed by atoms with E-state index in [1.54, 1.807) is 6.07 Å². The molecule has 3 rings (SSSR count). The molecule has 0 aliphatic heterocycles. The molecule has 18 heavy (non-hydrogen) atoms. The van der Waals surface area contributed by atoms with Gasteiger partial charge in [-0.15, -0.1) is 0 Å². The van der Waals surface area contributed by atoms with E-state index in [1.807, 2.05) is 24.3 Å². The van der Waals surface area contributed by atoms with Gasteiger partial charge in [0.15, 0.2) is 0 Å². The molecule has 1 N–H and O–H groups in total. The minimum absolute atomic E-state index is 0.249. The largest absolute Gasteiger partial charge is 0.353 e. The number of isocyanates is 1. The average molecular weight is 277 g/mol. The Bertz CT molecular complexity index is 817.